The van der Waals surface area contributed by atoms with Crippen molar-refractivity contribution in [3.8, 4) is 0 Å². The predicted molar refractivity (Wildman–Crippen MR) is 128 cm³/mol. The molecule has 3 heterocycles. The quantitative estimate of drug-likeness (QED) is 0.192. The first-order valence-corrected chi connectivity index (χ1v) is 14.7. The summed E-state index contributed by atoms with van der Waals surface area (Å²) in [7, 11) is -9.25. The summed E-state index contributed by atoms with van der Waals surface area (Å²) in [5.74, 6) is -2.29. The minimum absolute atomic E-state index is 0.115. The van der Waals surface area contributed by atoms with Crippen LogP contribution < -0.4 is 5.32 Å². The fraction of sp³-hybridized carbons (Fsp3) is 0.400. The highest BCUT2D eigenvalue weighted by Gasteiger charge is 2.46. The Hall–Kier alpha value is -2.23. The zero-order valence-corrected chi connectivity index (χ0v) is 21.4. The molecule has 1 aliphatic heterocycles. The van der Waals surface area contributed by atoms with Crippen molar-refractivity contribution in [3.63, 3.8) is 0 Å². The van der Waals surface area contributed by atoms with E-state index in [1.165, 1.54) is 22.9 Å². The molecule has 0 amide bonds. The van der Waals surface area contributed by atoms with Gasteiger partial charge in [0.1, 0.15) is 41.4 Å². The van der Waals surface area contributed by atoms with Gasteiger partial charge in [-0.15, -0.1) is 0 Å². The Kier molecular flexibility index (Phi) is 7.63. The molecule has 1 saturated heterocycles. The van der Waals surface area contributed by atoms with Crippen LogP contribution in [-0.2, 0) is 19.1 Å². The molecule has 4 rings (SSSR count). The summed E-state index contributed by atoms with van der Waals surface area (Å²) in [6.45, 7) is 1.61. The molecule has 3 aromatic rings. The van der Waals surface area contributed by atoms with E-state index in [4.69, 9.17) is 26.1 Å². The van der Waals surface area contributed by atoms with Crippen molar-refractivity contribution >= 4 is 45.9 Å². The second-order valence-corrected chi connectivity index (χ2v) is 13.1. The number of hydrogen-bond acceptors (Lipinski definition) is 9. The highest BCUT2D eigenvalue weighted by molar-refractivity contribution is 7.97. The van der Waals surface area contributed by atoms with E-state index in [-0.39, 0.29) is 22.3 Å². The van der Waals surface area contributed by atoms with Gasteiger partial charge in [-0.1, -0.05) is 6.07 Å². The summed E-state index contributed by atoms with van der Waals surface area (Å²) in [6.07, 6.45) is -4.76. The summed E-state index contributed by atoms with van der Waals surface area (Å²) >= 11 is 6.08. The first kappa shape index (κ1) is 27.8. The van der Waals surface area contributed by atoms with Gasteiger partial charge >= 0.3 is 7.60 Å². The molecule has 0 saturated carbocycles. The second-order valence-electron chi connectivity index (χ2n) is 8.58. The fourth-order valence-corrected chi connectivity index (χ4v) is 7.53. The molecule has 0 radical (unpaired) electrons. The molecule has 0 aliphatic carbocycles. The van der Waals surface area contributed by atoms with E-state index >= 15 is 0 Å². The zero-order valence-electron chi connectivity index (χ0n) is 18.9. The van der Waals surface area contributed by atoms with Gasteiger partial charge < -0.3 is 34.6 Å². The average Bonchev–Trinajstić information content (AvgIpc) is 3.27. The Balaban J connectivity index is 1.62. The number of aliphatic hydroxyl groups excluding tert-OH is 2. The van der Waals surface area contributed by atoms with E-state index in [0.717, 1.165) is 12.1 Å². The van der Waals surface area contributed by atoms with Gasteiger partial charge in [0.2, 0.25) is 5.28 Å². The maximum atomic E-state index is 14.2. The van der Waals surface area contributed by atoms with Gasteiger partial charge in [0, 0.05) is 17.8 Å². The maximum absolute atomic E-state index is 14.2. The molecule has 12 nitrogen and oxygen atoms in total. The van der Waals surface area contributed by atoms with Gasteiger partial charge in [0.25, 0.3) is 0 Å². The van der Waals surface area contributed by atoms with Gasteiger partial charge in [0.15, 0.2) is 21.6 Å². The Labute approximate surface area is 214 Å². The van der Waals surface area contributed by atoms with Crippen molar-refractivity contribution in [3.05, 3.63) is 52.9 Å². The van der Waals surface area contributed by atoms with Crippen LogP contribution in [0, 0.1) is 11.6 Å². The van der Waals surface area contributed by atoms with E-state index in [9.17, 15) is 32.0 Å². The molecule has 37 heavy (non-hydrogen) atoms. The average molecular weight is 583 g/mol. The molecule has 0 bridgehead atoms. The third-order valence-electron chi connectivity index (χ3n) is 5.72. The molecule has 0 unspecified atom stereocenters. The molecule has 1 fully saturated rings. The molecule has 1 aliphatic rings. The smallest absolute Gasteiger partial charge is 0.340 e. The highest BCUT2D eigenvalue weighted by Crippen LogP contribution is 2.39. The standard InChI is InChI=1S/C20H22ClF2N4O8PS/c1-9(11-3-2-10(22)6-13(11)23)24-17-12-4-5-27(18(12)26-20(21)25-17)19-16(29)15(28)14(35-19)7-37(33,34)8-36(30,31)32/h2-6,9,14-16,19,28-29H,7-8H2,1H3,(H,24,25,26)(H2,30,31,32)/t9-,14-,15-,16-,19-/m1/s1. The molecular weight excluding hydrogens is 561 g/mol. The first-order valence-electron chi connectivity index (χ1n) is 10.7. The number of benzene rings is 1. The molecule has 5 atom stereocenters. The van der Waals surface area contributed by atoms with Crippen LogP contribution in [0.2, 0.25) is 5.28 Å². The van der Waals surface area contributed by atoms with Crippen molar-refractivity contribution in [2.45, 2.75) is 37.5 Å². The Morgan fingerprint density at radius 3 is 2.57 bits per heavy atom. The number of rotatable bonds is 8. The zero-order chi connectivity index (χ0) is 27.3. The number of nitrogens with zero attached hydrogens (tertiary/aromatic N) is 3. The predicted octanol–water partition coefficient (Wildman–Crippen LogP) is 1.71. The molecule has 2 aromatic heterocycles. The lowest BCUT2D eigenvalue weighted by Crippen LogP contribution is -2.35. The van der Waals surface area contributed by atoms with E-state index in [1.54, 1.807) is 6.92 Å². The van der Waals surface area contributed by atoms with E-state index < -0.39 is 70.9 Å². The second kappa shape index (κ2) is 10.2. The summed E-state index contributed by atoms with van der Waals surface area (Å²) in [4.78, 5) is 26.2. The number of hydrogen-bond donors (Lipinski definition) is 5. The maximum Gasteiger partial charge on any atom is 0.340 e. The topological polar surface area (TPSA) is 184 Å². The third kappa shape index (κ3) is 6.10. The van der Waals surface area contributed by atoms with Crippen molar-refractivity contribution in [2.75, 3.05) is 16.6 Å². The molecule has 202 valence electrons. The first-order chi connectivity index (χ1) is 17.1. The third-order valence-corrected chi connectivity index (χ3v) is 9.65. The summed E-state index contributed by atoms with van der Waals surface area (Å²) in [5.41, 5.74) is -1.17. The number of fused-ring (bicyclic) bond motifs is 1. The monoisotopic (exact) mass is 582 g/mol. The van der Waals surface area contributed by atoms with Gasteiger partial charge in [-0.2, -0.15) is 4.98 Å². The fourth-order valence-electron chi connectivity index (χ4n) is 4.11. The number of anilines is 1. The lowest BCUT2D eigenvalue weighted by atomic mass is 10.1. The molecular formula is C20H22ClF2N4O8PS. The summed E-state index contributed by atoms with van der Waals surface area (Å²) in [5, 5.41) is 24.0. The summed E-state index contributed by atoms with van der Waals surface area (Å²) < 4.78 is 69.8. The molecule has 1 aromatic carbocycles. The lowest BCUT2D eigenvalue weighted by molar-refractivity contribution is -0.0288. The van der Waals surface area contributed by atoms with Gasteiger partial charge in [-0.05, 0) is 30.7 Å². The van der Waals surface area contributed by atoms with Crippen molar-refractivity contribution < 1.29 is 46.5 Å². The van der Waals surface area contributed by atoms with Gasteiger partial charge in [-0.25, -0.2) is 22.2 Å². The van der Waals surface area contributed by atoms with Crippen molar-refractivity contribution in [1.29, 1.82) is 0 Å². The van der Waals surface area contributed by atoms with Crippen LogP contribution in [0.3, 0.4) is 0 Å². The molecule has 17 heteroatoms. The highest BCUT2D eigenvalue weighted by atomic mass is 35.5. The number of aromatic nitrogens is 3. The van der Waals surface area contributed by atoms with Crippen LogP contribution in [0.5, 0.6) is 0 Å². The van der Waals surface area contributed by atoms with Crippen LogP contribution in [0.15, 0.2) is 30.5 Å². The number of nitrogens with one attached hydrogen (secondary N) is 1. The van der Waals surface area contributed by atoms with Gasteiger partial charge in [0.05, 0.1) is 17.2 Å². The van der Waals surface area contributed by atoms with E-state index in [2.05, 4.69) is 15.3 Å². The largest absolute Gasteiger partial charge is 0.387 e. The van der Waals surface area contributed by atoms with Crippen LogP contribution in [0.4, 0.5) is 14.6 Å². The number of sulfone groups is 1. The van der Waals surface area contributed by atoms with Crippen LogP contribution in [0.25, 0.3) is 11.0 Å². The van der Waals surface area contributed by atoms with Crippen LogP contribution in [-0.4, -0.2) is 72.5 Å². The Morgan fingerprint density at radius 2 is 1.92 bits per heavy atom. The number of ether oxygens (including phenoxy) is 1. The van der Waals surface area contributed by atoms with Crippen LogP contribution in [0.1, 0.15) is 24.8 Å². The summed E-state index contributed by atoms with van der Waals surface area (Å²) in [6, 6.07) is 3.96. The lowest BCUT2D eigenvalue weighted by Gasteiger charge is -2.19. The van der Waals surface area contributed by atoms with Crippen LogP contribution >= 0.6 is 19.2 Å². The molecule has 5 N–H and O–H groups in total. The van der Waals surface area contributed by atoms with E-state index in [1.807, 2.05) is 0 Å². The van der Waals surface area contributed by atoms with Crippen molar-refractivity contribution in [2.24, 2.45) is 0 Å². The van der Waals surface area contributed by atoms with E-state index in [0.29, 0.717) is 5.39 Å². The van der Waals surface area contributed by atoms with Crippen molar-refractivity contribution in [1.82, 2.24) is 14.5 Å². The number of aliphatic hydroxyl groups is 2. The minimum Gasteiger partial charge on any atom is -0.387 e. The SMILES string of the molecule is C[C@@H](Nc1nc(Cl)nc2c1ccn2[C@@H]1O[C@H](CS(=O)(=O)CP(=O)(O)O)[C@@H](O)[C@H]1O)c1ccc(F)cc1F. The van der Waals surface area contributed by atoms with Gasteiger partial charge in [-0.3, -0.25) is 4.57 Å². The minimum atomic E-state index is -4.90. The Bertz CT molecular complexity index is 1490. The normalized spacial score (nSPS) is 23.5. The molecule has 0 spiro atoms. The number of halogens is 3. The Morgan fingerprint density at radius 1 is 1.22 bits per heavy atom.